The summed E-state index contributed by atoms with van der Waals surface area (Å²) in [6.07, 6.45) is 3.83. The van der Waals surface area contributed by atoms with Crippen molar-refractivity contribution in [1.29, 1.82) is 0 Å². The highest BCUT2D eigenvalue weighted by Gasteiger charge is 2.52. The first-order chi connectivity index (χ1) is 9.98. The zero-order chi connectivity index (χ0) is 15.1. The number of nitrogens with one attached hydrogen (secondary N) is 1. The van der Waals surface area contributed by atoms with Crippen molar-refractivity contribution in [3.05, 3.63) is 34.9 Å². The monoisotopic (exact) mass is 307 g/mol. The van der Waals surface area contributed by atoms with Crippen molar-refractivity contribution >= 4 is 23.5 Å². The molecular weight excluding hydrogens is 290 g/mol. The molecule has 0 spiro atoms. The van der Waals surface area contributed by atoms with Crippen LogP contribution in [0.3, 0.4) is 0 Å². The summed E-state index contributed by atoms with van der Waals surface area (Å²) < 4.78 is 0. The normalized spacial score (nSPS) is 21.2. The van der Waals surface area contributed by atoms with Gasteiger partial charge in [0.15, 0.2) is 0 Å². The average molecular weight is 308 g/mol. The molecule has 0 aliphatic heterocycles. The van der Waals surface area contributed by atoms with E-state index < -0.39 is 16.8 Å². The van der Waals surface area contributed by atoms with Gasteiger partial charge in [0, 0.05) is 11.6 Å². The van der Waals surface area contributed by atoms with Gasteiger partial charge in [-0.2, -0.15) is 0 Å². The highest BCUT2D eigenvalue weighted by atomic mass is 35.5. The van der Waals surface area contributed by atoms with Crippen molar-refractivity contribution in [1.82, 2.24) is 5.32 Å². The van der Waals surface area contributed by atoms with Crippen molar-refractivity contribution in [3.8, 4) is 0 Å². The van der Waals surface area contributed by atoms with Gasteiger partial charge in [-0.05, 0) is 43.4 Å². The predicted octanol–water partition coefficient (Wildman–Crippen LogP) is 2.74. The molecule has 1 aromatic carbocycles. The zero-order valence-corrected chi connectivity index (χ0v) is 12.4. The lowest BCUT2D eigenvalue weighted by atomic mass is 9.68. The first-order valence-electron chi connectivity index (χ1n) is 7.26. The number of carbonyl (C=O) groups is 2. The van der Waals surface area contributed by atoms with Gasteiger partial charge in [0.25, 0.3) is 0 Å². The zero-order valence-electron chi connectivity index (χ0n) is 11.7. The molecule has 2 N–H and O–H groups in total. The molecule has 0 saturated heterocycles. The Morgan fingerprint density at radius 1 is 1.14 bits per heavy atom. The second kappa shape index (κ2) is 5.02. The number of benzene rings is 1. The molecule has 21 heavy (non-hydrogen) atoms. The van der Waals surface area contributed by atoms with Crippen molar-refractivity contribution in [2.24, 2.45) is 5.41 Å². The van der Waals surface area contributed by atoms with Crippen LogP contribution in [0, 0.1) is 5.41 Å². The maximum atomic E-state index is 12.5. The molecule has 0 aromatic heterocycles. The summed E-state index contributed by atoms with van der Waals surface area (Å²) in [7, 11) is 0. The maximum Gasteiger partial charge on any atom is 0.311 e. The predicted molar refractivity (Wildman–Crippen MR) is 79.3 cm³/mol. The van der Waals surface area contributed by atoms with E-state index in [4.69, 9.17) is 11.6 Å². The highest BCUT2D eigenvalue weighted by molar-refractivity contribution is 6.30. The summed E-state index contributed by atoms with van der Waals surface area (Å²) in [6, 6.07) is 7.33. The van der Waals surface area contributed by atoms with Crippen molar-refractivity contribution in [2.75, 3.05) is 6.54 Å². The standard InChI is InChI=1S/C16H18ClNO3/c17-12-4-2-11(3-5-12)16(8-9-16)13(19)18-10-15(14(20)21)6-1-7-15/h2-5H,1,6-10H2,(H,18,19)(H,20,21). The van der Waals surface area contributed by atoms with Crippen molar-refractivity contribution < 1.29 is 14.7 Å². The number of carbonyl (C=O) groups excluding carboxylic acids is 1. The molecule has 0 radical (unpaired) electrons. The Morgan fingerprint density at radius 2 is 1.76 bits per heavy atom. The summed E-state index contributed by atoms with van der Waals surface area (Å²) in [5.41, 5.74) is -0.262. The lowest BCUT2D eigenvalue weighted by Gasteiger charge is -2.38. The molecule has 1 amide bonds. The molecule has 5 heteroatoms. The van der Waals surface area contributed by atoms with Gasteiger partial charge in [-0.1, -0.05) is 30.2 Å². The fourth-order valence-electron chi connectivity index (χ4n) is 3.03. The molecule has 2 fully saturated rings. The molecule has 0 unspecified atom stereocenters. The third-order valence-electron chi connectivity index (χ3n) is 4.93. The van der Waals surface area contributed by atoms with Crippen molar-refractivity contribution in [3.63, 3.8) is 0 Å². The van der Waals surface area contributed by atoms with Gasteiger partial charge >= 0.3 is 5.97 Å². The van der Waals surface area contributed by atoms with E-state index in [2.05, 4.69) is 5.32 Å². The van der Waals surface area contributed by atoms with Gasteiger partial charge in [0.2, 0.25) is 5.91 Å². The minimum atomic E-state index is -0.801. The van der Waals surface area contributed by atoms with Gasteiger partial charge in [0.05, 0.1) is 10.8 Å². The first-order valence-corrected chi connectivity index (χ1v) is 7.64. The third kappa shape index (κ3) is 2.42. The number of rotatable bonds is 5. The van der Waals surface area contributed by atoms with Crippen LogP contribution in [0.4, 0.5) is 0 Å². The van der Waals surface area contributed by atoms with Gasteiger partial charge in [0.1, 0.15) is 0 Å². The van der Waals surface area contributed by atoms with Crippen LogP contribution in [0.2, 0.25) is 5.02 Å². The Morgan fingerprint density at radius 3 is 2.19 bits per heavy atom. The molecule has 1 aromatic rings. The van der Waals surface area contributed by atoms with E-state index in [-0.39, 0.29) is 12.5 Å². The Hall–Kier alpha value is -1.55. The summed E-state index contributed by atoms with van der Waals surface area (Å²) in [6.45, 7) is 0.233. The van der Waals surface area contributed by atoms with Crippen LogP contribution >= 0.6 is 11.6 Å². The Labute approximate surface area is 128 Å². The molecule has 2 saturated carbocycles. The number of amides is 1. The quantitative estimate of drug-likeness (QED) is 0.879. The molecular formula is C16H18ClNO3. The number of halogens is 1. The Balaban J connectivity index is 1.68. The number of aliphatic carboxylic acids is 1. The molecule has 0 atom stereocenters. The van der Waals surface area contributed by atoms with Gasteiger partial charge in [-0.15, -0.1) is 0 Å². The van der Waals surface area contributed by atoms with Crippen LogP contribution < -0.4 is 5.32 Å². The topological polar surface area (TPSA) is 66.4 Å². The molecule has 112 valence electrons. The molecule has 2 aliphatic carbocycles. The summed E-state index contributed by atoms with van der Waals surface area (Å²) >= 11 is 5.88. The Kier molecular flexibility index (Phi) is 3.44. The minimum Gasteiger partial charge on any atom is -0.481 e. The Bertz CT molecular complexity index is 574. The second-order valence-electron chi connectivity index (χ2n) is 6.21. The summed E-state index contributed by atoms with van der Waals surface area (Å²) in [5.74, 6) is -0.859. The van der Waals surface area contributed by atoms with Crippen LogP contribution in [0.25, 0.3) is 0 Å². The average Bonchev–Trinajstić information content (AvgIpc) is 3.19. The molecule has 0 heterocycles. The van der Waals surface area contributed by atoms with E-state index >= 15 is 0 Å². The van der Waals surface area contributed by atoms with Crippen LogP contribution in [0.1, 0.15) is 37.7 Å². The van der Waals surface area contributed by atoms with E-state index in [0.717, 1.165) is 24.8 Å². The van der Waals surface area contributed by atoms with E-state index in [1.807, 2.05) is 12.1 Å². The number of hydrogen-bond acceptors (Lipinski definition) is 2. The minimum absolute atomic E-state index is 0.0580. The number of carboxylic acids is 1. The van der Waals surface area contributed by atoms with Crippen LogP contribution in [0.15, 0.2) is 24.3 Å². The van der Waals surface area contributed by atoms with Crippen LogP contribution in [0.5, 0.6) is 0 Å². The van der Waals surface area contributed by atoms with E-state index in [9.17, 15) is 14.7 Å². The summed E-state index contributed by atoms with van der Waals surface area (Å²) in [5, 5.41) is 12.8. The fourth-order valence-corrected chi connectivity index (χ4v) is 3.16. The second-order valence-corrected chi connectivity index (χ2v) is 6.65. The van der Waals surface area contributed by atoms with E-state index in [1.54, 1.807) is 12.1 Å². The van der Waals surface area contributed by atoms with Gasteiger partial charge in [-0.25, -0.2) is 0 Å². The fraction of sp³-hybridized carbons (Fsp3) is 0.500. The third-order valence-corrected chi connectivity index (χ3v) is 5.19. The first kappa shape index (κ1) is 14.4. The lowest BCUT2D eigenvalue weighted by molar-refractivity contribution is -0.154. The molecule has 4 nitrogen and oxygen atoms in total. The SMILES string of the molecule is O=C(O)C1(CNC(=O)C2(c3ccc(Cl)cc3)CC2)CCC1. The summed E-state index contributed by atoms with van der Waals surface area (Å²) in [4.78, 5) is 23.8. The number of carboxylic acid groups (broad SMARTS) is 1. The molecule has 3 rings (SSSR count). The van der Waals surface area contributed by atoms with Gasteiger partial charge < -0.3 is 10.4 Å². The van der Waals surface area contributed by atoms with Crippen LogP contribution in [-0.4, -0.2) is 23.5 Å². The number of hydrogen-bond donors (Lipinski definition) is 2. The largest absolute Gasteiger partial charge is 0.481 e. The van der Waals surface area contributed by atoms with E-state index in [0.29, 0.717) is 17.9 Å². The van der Waals surface area contributed by atoms with E-state index in [1.165, 1.54) is 0 Å². The van der Waals surface area contributed by atoms with Crippen molar-refractivity contribution in [2.45, 2.75) is 37.5 Å². The van der Waals surface area contributed by atoms with Crippen LogP contribution in [-0.2, 0) is 15.0 Å². The maximum absolute atomic E-state index is 12.5. The smallest absolute Gasteiger partial charge is 0.311 e. The van der Waals surface area contributed by atoms with Gasteiger partial charge in [-0.3, -0.25) is 9.59 Å². The highest BCUT2D eigenvalue weighted by Crippen LogP contribution is 2.49. The molecule has 0 bridgehead atoms. The lowest BCUT2D eigenvalue weighted by Crippen LogP contribution is -2.49. The molecule has 2 aliphatic rings.